The van der Waals surface area contributed by atoms with Gasteiger partial charge in [-0.2, -0.15) is 0 Å². The average molecular weight is 337 g/mol. The van der Waals surface area contributed by atoms with Crippen LogP contribution in [0, 0.1) is 5.82 Å². The molecule has 1 saturated heterocycles. The molecule has 1 atom stereocenters. The Bertz CT molecular complexity index is 801. The van der Waals surface area contributed by atoms with Gasteiger partial charge in [0.15, 0.2) is 9.84 Å². The van der Waals surface area contributed by atoms with E-state index in [0.29, 0.717) is 5.56 Å². The van der Waals surface area contributed by atoms with Crippen molar-refractivity contribution in [1.82, 2.24) is 4.90 Å². The predicted octanol–water partition coefficient (Wildman–Crippen LogP) is 2.42. The average Bonchev–Trinajstić information content (AvgIpc) is 3.00. The summed E-state index contributed by atoms with van der Waals surface area (Å²) in [4.78, 5) is 13.8. The van der Waals surface area contributed by atoms with Gasteiger partial charge in [-0.25, -0.2) is 12.8 Å². The van der Waals surface area contributed by atoms with Crippen LogP contribution in [0.3, 0.4) is 0 Å². The maximum Gasteiger partial charge on any atom is 0.257 e. The first kappa shape index (κ1) is 15.7. The van der Waals surface area contributed by atoms with Gasteiger partial charge in [-0.15, -0.1) is 0 Å². The summed E-state index contributed by atoms with van der Waals surface area (Å²) in [5, 5.41) is -0.925. The summed E-state index contributed by atoms with van der Waals surface area (Å²) in [5.74, 6) is -0.992. The first-order valence-electron chi connectivity index (χ1n) is 7.26. The molecule has 23 heavy (non-hydrogen) atoms. The summed E-state index contributed by atoms with van der Waals surface area (Å²) in [7, 11) is -3.53. The second-order valence-electron chi connectivity index (χ2n) is 5.47. The van der Waals surface area contributed by atoms with E-state index in [2.05, 4.69) is 0 Å². The number of hydrogen-bond acceptors (Lipinski definition) is 4. The van der Waals surface area contributed by atoms with Crippen LogP contribution in [0.5, 0.6) is 0 Å². The fraction of sp³-hybridized carbons (Fsp3) is 0.312. The Hall–Kier alpha value is -2.15. The van der Waals surface area contributed by atoms with Crippen LogP contribution in [0.15, 0.2) is 47.3 Å². The number of hydrogen-bond donors (Lipinski definition) is 0. The Labute approximate surface area is 133 Å². The lowest BCUT2D eigenvalue weighted by Gasteiger charge is -2.19. The second-order valence-corrected chi connectivity index (χ2v) is 7.77. The summed E-state index contributed by atoms with van der Waals surface area (Å²) in [6.07, 6.45) is 2.90. The fourth-order valence-corrected chi connectivity index (χ4v) is 4.60. The standard InChI is InChI=1S/C16H16FNO4S/c17-14-4-2-1-3-13(14)15-5-7-18(8-10-23(15,20)21)16(19)12-6-9-22-11-12/h1-4,6,9,11,15H,5,7-8,10H2/t15-/m1/s1. The lowest BCUT2D eigenvalue weighted by molar-refractivity contribution is 0.0766. The van der Waals surface area contributed by atoms with E-state index in [9.17, 15) is 17.6 Å². The molecule has 1 aromatic carbocycles. The lowest BCUT2D eigenvalue weighted by atomic mass is 10.1. The van der Waals surface area contributed by atoms with Crippen molar-refractivity contribution in [1.29, 1.82) is 0 Å². The van der Waals surface area contributed by atoms with E-state index in [1.807, 2.05) is 0 Å². The smallest absolute Gasteiger partial charge is 0.257 e. The van der Waals surface area contributed by atoms with E-state index in [4.69, 9.17) is 4.42 Å². The van der Waals surface area contributed by atoms with Gasteiger partial charge >= 0.3 is 0 Å². The molecular weight excluding hydrogens is 321 g/mol. The van der Waals surface area contributed by atoms with Crippen LogP contribution < -0.4 is 0 Å². The minimum Gasteiger partial charge on any atom is -0.472 e. The van der Waals surface area contributed by atoms with Gasteiger partial charge < -0.3 is 9.32 Å². The Balaban J connectivity index is 1.86. The molecule has 7 heteroatoms. The normalized spacial score (nSPS) is 20.9. The number of amides is 1. The SMILES string of the molecule is O=C(c1ccoc1)N1CC[C@H](c2ccccc2F)S(=O)(=O)CC1. The van der Waals surface area contributed by atoms with Gasteiger partial charge in [-0.3, -0.25) is 4.79 Å². The minimum atomic E-state index is -3.53. The maximum absolute atomic E-state index is 14.0. The highest BCUT2D eigenvalue weighted by Crippen LogP contribution is 2.31. The molecule has 0 unspecified atom stereocenters. The number of carbonyl (C=O) groups is 1. The number of nitrogens with zero attached hydrogens (tertiary/aromatic N) is 1. The van der Waals surface area contributed by atoms with Crippen LogP contribution in [0.25, 0.3) is 0 Å². The van der Waals surface area contributed by atoms with E-state index in [-0.39, 0.29) is 36.7 Å². The predicted molar refractivity (Wildman–Crippen MR) is 82.2 cm³/mol. The van der Waals surface area contributed by atoms with Crippen LogP contribution >= 0.6 is 0 Å². The molecule has 0 aliphatic carbocycles. The van der Waals surface area contributed by atoms with Crippen LogP contribution in [-0.4, -0.2) is 38.1 Å². The first-order chi connectivity index (χ1) is 11.0. The number of rotatable bonds is 2. The number of sulfone groups is 1. The number of benzene rings is 1. The topological polar surface area (TPSA) is 67.6 Å². The Kier molecular flexibility index (Phi) is 4.21. The zero-order valence-corrected chi connectivity index (χ0v) is 13.1. The highest BCUT2D eigenvalue weighted by atomic mass is 32.2. The van der Waals surface area contributed by atoms with E-state index in [0.717, 1.165) is 0 Å². The molecule has 2 heterocycles. The summed E-state index contributed by atoms with van der Waals surface area (Å²) in [6.45, 7) is 0.347. The van der Waals surface area contributed by atoms with Crippen molar-refractivity contribution in [3.05, 3.63) is 59.8 Å². The van der Waals surface area contributed by atoms with Crippen molar-refractivity contribution in [3.63, 3.8) is 0 Å². The highest BCUT2D eigenvalue weighted by Gasteiger charge is 2.34. The summed E-state index contributed by atoms with van der Waals surface area (Å²) < 4.78 is 43.8. The second kappa shape index (κ2) is 6.16. The molecule has 2 aromatic rings. The molecule has 1 aliphatic heterocycles. The molecule has 0 saturated carbocycles. The van der Waals surface area contributed by atoms with Crippen molar-refractivity contribution in [2.24, 2.45) is 0 Å². The summed E-state index contributed by atoms with van der Waals surface area (Å²) in [5.41, 5.74) is 0.553. The monoisotopic (exact) mass is 337 g/mol. The molecule has 3 rings (SSSR count). The van der Waals surface area contributed by atoms with Crippen molar-refractivity contribution in [2.75, 3.05) is 18.8 Å². The van der Waals surface area contributed by atoms with Gasteiger partial charge in [0.1, 0.15) is 12.1 Å². The van der Waals surface area contributed by atoms with Crippen molar-refractivity contribution in [2.45, 2.75) is 11.7 Å². The van der Waals surface area contributed by atoms with Gasteiger partial charge in [0.05, 0.1) is 22.8 Å². The van der Waals surface area contributed by atoms with Crippen molar-refractivity contribution >= 4 is 15.7 Å². The molecule has 1 amide bonds. The zero-order chi connectivity index (χ0) is 16.4. The highest BCUT2D eigenvalue weighted by molar-refractivity contribution is 7.91. The van der Waals surface area contributed by atoms with E-state index >= 15 is 0 Å². The molecule has 0 radical (unpaired) electrons. The van der Waals surface area contributed by atoms with Crippen molar-refractivity contribution in [3.8, 4) is 0 Å². The third-order valence-electron chi connectivity index (χ3n) is 4.05. The molecule has 1 aromatic heterocycles. The summed E-state index contributed by atoms with van der Waals surface area (Å²) in [6, 6.07) is 7.43. The van der Waals surface area contributed by atoms with Crippen molar-refractivity contribution < 1.29 is 22.0 Å². The molecule has 5 nitrogen and oxygen atoms in total. The Morgan fingerprint density at radius 3 is 2.70 bits per heavy atom. The minimum absolute atomic E-state index is 0.0945. The van der Waals surface area contributed by atoms with E-state index in [1.165, 1.54) is 41.7 Å². The quantitative estimate of drug-likeness (QED) is 0.844. The maximum atomic E-state index is 14.0. The Morgan fingerprint density at radius 1 is 1.22 bits per heavy atom. The number of carbonyl (C=O) groups excluding carboxylic acids is 1. The van der Waals surface area contributed by atoms with Crippen LogP contribution in [-0.2, 0) is 9.84 Å². The van der Waals surface area contributed by atoms with Gasteiger partial charge in [-0.05, 0) is 18.6 Å². The number of furan rings is 1. The number of halogens is 1. The molecule has 122 valence electrons. The molecule has 1 fully saturated rings. The fourth-order valence-electron chi connectivity index (χ4n) is 2.80. The molecule has 0 N–H and O–H groups in total. The van der Waals surface area contributed by atoms with Crippen LogP contribution in [0.2, 0.25) is 0 Å². The largest absolute Gasteiger partial charge is 0.472 e. The van der Waals surface area contributed by atoms with E-state index < -0.39 is 20.9 Å². The molecule has 0 bridgehead atoms. The molecule has 0 spiro atoms. The lowest BCUT2D eigenvalue weighted by Crippen LogP contribution is -2.33. The molecule has 1 aliphatic rings. The zero-order valence-electron chi connectivity index (χ0n) is 12.3. The van der Waals surface area contributed by atoms with E-state index in [1.54, 1.807) is 6.07 Å². The summed E-state index contributed by atoms with van der Waals surface area (Å²) >= 11 is 0. The third-order valence-corrected chi connectivity index (χ3v) is 6.16. The first-order valence-corrected chi connectivity index (χ1v) is 8.98. The van der Waals surface area contributed by atoms with Gasteiger partial charge in [0.2, 0.25) is 0 Å². The van der Waals surface area contributed by atoms with Crippen LogP contribution in [0.4, 0.5) is 4.39 Å². The van der Waals surface area contributed by atoms with Gasteiger partial charge in [-0.1, -0.05) is 18.2 Å². The van der Waals surface area contributed by atoms with Gasteiger partial charge in [0, 0.05) is 18.7 Å². The molecular formula is C16H16FNO4S. The Morgan fingerprint density at radius 2 is 2.00 bits per heavy atom. The third kappa shape index (κ3) is 3.14. The van der Waals surface area contributed by atoms with Crippen LogP contribution in [0.1, 0.15) is 27.6 Å². The van der Waals surface area contributed by atoms with Gasteiger partial charge in [0.25, 0.3) is 5.91 Å².